The van der Waals surface area contributed by atoms with Gasteiger partial charge in [-0.1, -0.05) is 0 Å². The molecule has 0 fully saturated rings. The molecular weight excluding hydrogens is 216 g/mol. The summed E-state index contributed by atoms with van der Waals surface area (Å²) >= 11 is 0. The van der Waals surface area contributed by atoms with Crippen molar-refractivity contribution in [2.45, 2.75) is 32.2 Å². The second-order valence-corrected chi connectivity index (χ2v) is 4.53. The molecule has 1 amide bonds. The first-order chi connectivity index (χ1) is 8.09. The Bertz CT molecular complexity index is 320. The van der Waals surface area contributed by atoms with E-state index >= 15 is 0 Å². The molecule has 0 aliphatic rings. The van der Waals surface area contributed by atoms with Gasteiger partial charge in [0, 0.05) is 33.0 Å². The fourth-order valence-electron chi connectivity index (χ4n) is 1.61. The summed E-state index contributed by atoms with van der Waals surface area (Å²) in [7, 11) is 3.57. The molecule has 96 valence electrons. The molecule has 1 atom stereocenters. The molecular formula is C13H22N2O2. The van der Waals surface area contributed by atoms with Crippen LogP contribution in [0.5, 0.6) is 0 Å². The van der Waals surface area contributed by atoms with Gasteiger partial charge in [-0.05, 0) is 32.0 Å². The molecule has 0 bridgehead atoms. The molecule has 1 rings (SSSR count). The Balaban J connectivity index is 2.08. The molecule has 0 aromatic carbocycles. The van der Waals surface area contributed by atoms with Crippen LogP contribution in [0.4, 0.5) is 0 Å². The number of nitrogens with zero attached hydrogens (tertiary/aromatic N) is 1. The average molecular weight is 238 g/mol. The van der Waals surface area contributed by atoms with Gasteiger partial charge in [0.1, 0.15) is 5.76 Å². The molecule has 1 unspecified atom stereocenters. The molecule has 1 heterocycles. The Kier molecular flexibility index (Phi) is 5.77. The highest BCUT2D eigenvalue weighted by Crippen LogP contribution is 2.03. The number of nitrogens with one attached hydrogen (secondary N) is 1. The van der Waals surface area contributed by atoms with Gasteiger partial charge < -0.3 is 14.6 Å². The van der Waals surface area contributed by atoms with Crippen LogP contribution in [0.3, 0.4) is 0 Å². The topological polar surface area (TPSA) is 45.5 Å². The van der Waals surface area contributed by atoms with Crippen LogP contribution >= 0.6 is 0 Å². The lowest BCUT2D eigenvalue weighted by atomic mass is 10.2. The normalized spacial score (nSPS) is 12.4. The van der Waals surface area contributed by atoms with Crippen molar-refractivity contribution in [3.63, 3.8) is 0 Å². The highest BCUT2D eigenvalue weighted by atomic mass is 16.3. The number of furan rings is 1. The van der Waals surface area contributed by atoms with Crippen molar-refractivity contribution in [1.29, 1.82) is 0 Å². The van der Waals surface area contributed by atoms with E-state index in [4.69, 9.17) is 4.42 Å². The maximum Gasteiger partial charge on any atom is 0.222 e. The summed E-state index contributed by atoms with van der Waals surface area (Å²) < 4.78 is 5.28. The SMILES string of the molecule is CC(Cc1ccco1)NCCCC(=O)N(C)C. The van der Waals surface area contributed by atoms with E-state index in [1.165, 1.54) is 0 Å². The highest BCUT2D eigenvalue weighted by Gasteiger charge is 2.06. The van der Waals surface area contributed by atoms with Gasteiger partial charge in [-0.2, -0.15) is 0 Å². The molecule has 0 aliphatic carbocycles. The van der Waals surface area contributed by atoms with Gasteiger partial charge in [0.15, 0.2) is 0 Å². The Labute approximate surface area is 103 Å². The van der Waals surface area contributed by atoms with E-state index in [2.05, 4.69) is 12.2 Å². The minimum atomic E-state index is 0.186. The third kappa shape index (κ3) is 5.54. The zero-order chi connectivity index (χ0) is 12.7. The van der Waals surface area contributed by atoms with Crippen LogP contribution in [0.2, 0.25) is 0 Å². The number of carbonyl (C=O) groups excluding carboxylic acids is 1. The molecule has 4 heteroatoms. The first-order valence-electron chi connectivity index (χ1n) is 6.05. The Morgan fingerprint density at radius 2 is 2.29 bits per heavy atom. The average Bonchev–Trinajstić information content (AvgIpc) is 2.76. The van der Waals surface area contributed by atoms with Crippen molar-refractivity contribution < 1.29 is 9.21 Å². The lowest BCUT2D eigenvalue weighted by Gasteiger charge is -2.13. The lowest BCUT2D eigenvalue weighted by Crippen LogP contribution is -2.30. The van der Waals surface area contributed by atoms with Crippen LogP contribution in [-0.4, -0.2) is 37.5 Å². The molecule has 0 spiro atoms. The monoisotopic (exact) mass is 238 g/mol. The molecule has 4 nitrogen and oxygen atoms in total. The van der Waals surface area contributed by atoms with Crippen molar-refractivity contribution in [3.8, 4) is 0 Å². The molecule has 0 saturated carbocycles. The first-order valence-corrected chi connectivity index (χ1v) is 6.05. The molecule has 1 aromatic rings. The van der Waals surface area contributed by atoms with Crippen molar-refractivity contribution in [2.75, 3.05) is 20.6 Å². The quantitative estimate of drug-likeness (QED) is 0.735. The smallest absolute Gasteiger partial charge is 0.222 e. The predicted octanol–water partition coefficient (Wildman–Crippen LogP) is 1.67. The number of amides is 1. The van der Waals surface area contributed by atoms with E-state index < -0.39 is 0 Å². The Hall–Kier alpha value is -1.29. The molecule has 1 N–H and O–H groups in total. The molecule has 0 saturated heterocycles. The third-order valence-corrected chi connectivity index (χ3v) is 2.65. The van der Waals surface area contributed by atoms with Crippen molar-refractivity contribution >= 4 is 5.91 Å². The number of hydrogen-bond donors (Lipinski definition) is 1. The first kappa shape index (κ1) is 13.8. The lowest BCUT2D eigenvalue weighted by molar-refractivity contribution is -0.128. The number of hydrogen-bond acceptors (Lipinski definition) is 3. The largest absolute Gasteiger partial charge is 0.469 e. The van der Waals surface area contributed by atoms with E-state index in [9.17, 15) is 4.79 Å². The van der Waals surface area contributed by atoms with Crippen LogP contribution < -0.4 is 5.32 Å². The fourth-order valence-corrected chi connectivity index (χ4v) is 1.61. The van der Waals surface area contributed by atoms with Gasteiger partial charge in [-0.15, -0.1) is 0 Å². The standard InChI is InChI=1S/C13H22N2O2/c1-11(10-12-6-5-9-17-12)14-8-4-7-13(16)15(2)3/h5-6,9,11,14H,4,7-8,10H2,1-3H3. The van der Waals surface area contributed by atoms with Crippen molar-refractivity contribution in [1.82, 2.24) is 10.2 Å². The summed E-state index contributed by atoms with van der Waals surface area (Å²) in [5.41, 5.74) is 0. The van der Waals surface area contributed by atoms with Gasteiger partial charge in [0.2, 0.25) is 5.91 Å². The third-order valence-electron chi connectivity index (χ3n) is 2.65. The van der Waals surface area contributed by atoms with Gasteiger partial charge >= 0.3 is 0 Å². The van der Waals surface area contributed by atoms with Gasteiger partial charge in [-0.25, -0.2) is 0 Å². The minimum absolute atomic E-state index is 0.186. The fraction of sp³-hybridized carbons (Fsp3) is 0.615. The summed E-state index contributed by atoms with van der Waals surface area (Å²) in [5, 5.41) is 3.38. The van der Waals surface area contributed by atoms with Crippen LogP contribution in [-0.2, 0) is 11.2 Å². The van der Waals surface area contributed by atoms with E-state index in [-0.39, 0.29) is 5.91 Å². The Morgan fingerprint density at radius 3 is 2.88 bits per heavy atom. The van der Waals surface area contributed by atoms with Crippen LogP contribution in [0.1, 0.15) is 25.5 Å². The van der Waals surface area contributed by atoms with E-state index in [0.29, 0.717) is 12.5 Å². The minimum Gasteiger partial charge on any atom is -0.469 e. The molecule has 17 heavy (non-hydrogen) atoms. The summed E-state index contributed by atoms with van der Waals surface area (Å²) in [6.45, 7) is 2.98. The number of rotatable bonds is 7. The summed E-state index contributed by atoms with van der Waals surface area (Å²) in [4.78, 5) is 13.0. The van der Waals surface area contributed by atoms with Gasteiger partial charge in [0.05, 0.1) is 6.26 Å². The molecule has 0 radical (unpaired) electrons. The van der Waals surface area contributed by atoms with Crippen LogP contribution in [0, 0.1) is 0 Å². The zero-order valence-corrected chi connectivity index (χ0v) is 10.9. The highest BCUT2D eigenvalue weighted by molar-refractivity contribution is 5.75. The summed E-state index contributed by atoms with van der Waals surface area (Å²) in [5.74, 6) is 1.18. The predicted molar refractivity (Wildman–Crippen MR) is 67.8 cm³/mol. The number of carbonyl (C=O) groups is 1. The van der Waals surface area contributed by atoms with Crippen LogP contribution in [0.15, 0.2) is 22.8 Å². The summed E-state index contributed by atoms with van der Waals surface area (Å²) in [6, 6.07) is 4.25. The Morgan fingerprint density at radius 1 is 1.53 bits per heavy atom. The molecule has 1 aromatic heterocycles. The van der Waals surface area contributed by atoms with E-state index in [0.717, 1.165) is 25.1 Å². The van der Waals surface area contributed by atoms with Crippen molar-refractivity contribution in [2.24, 2.45) is 0 Å². The van der Waals surface area contributed by atoms with E-state index in [1.807, 2.05) is 12.1 Å². The zero-order valence-electron chi connectivity index (χ0n) is 10.9. The van der Waals surface area contributed by atoms with Crippen LogP contribution in [0.25, 0.3) is 0 Å². The summed E-state index contributed by atoms with van der Waals surface area (Å²) in [6.07, 6.45) is 4.05. The van der Waals surface area contributed by atoms with Crippen molar-refractivity contribution in [3.05, 3.63) is 24.2 Å². The van der Waals surface area contributed by atoms with Gasteiger partial charge in [-0.3, -0.25) is 4.79 Å². The second-order valence-electron chi connectivity index (χ2n) is 4.53. The molecule has 0 aliphatic heterocycles. The maximum atomic E-state index is 11.3. The van der Waals surface area contributed by atoms with Gasteiger partial charge in [0.25, 0.3) is 0 Å². The second kappa shape index (κ2) is 7.12. The maximum absolute atomic E-state index is 11.3. The van der Waals surface area contributed by atoms with E-state index in [1.54, 1.807) is 25.3 Å².